The highest BCUT2D eigenvalue weighted by atomic mass is 16.5. The van der Waals surface area contributed by atoms with Crippen LogP contribution in [0.4, 0.5) is 0 Å². The van der Waals surface area contributed by atoms with Crippen molar-refractivity contribution in [2.45, 2.75) is 24.8 Å². The number of nitrogens with two attached hydrogens (primary N) is 1. The van der Waals surface area contributed by atoms with Crippen molar-refractivity contribution in [3.8, 4) is 11.1 Å². The predicted octanol–water partition coefficient (Wildman–Crippen LogP) is 3.98. The van der Waals surface area contributed by atoms with E-state index in [1.54, 1.807) is 24.3 Å². The summed E-state index contributed by atoms with van der Waals surface area (Å²) in [7, 11) is 0. The van der Waals surface area contributed by atoms with Crippen LogP contribution in [0.15, 0.2) is 72.8 Å². The van der Waals surface area contributed by atoms with Crippen LogP contribution in [0, 0.1) is 6.92 Å². The van der Waals surface area contributed by atoms with E-state index in [9.17, 15) is 14.7 Å². The van der Waals surface area contributed by atoms with Gasteiger partial charge in [0.05, 0.1) is 6.42 Å². The van der Waals surface area contributed by atoms with E-state index in [2.05, 4.69) is 12.1 Å². The van der Waals surface area contributed by atoms with Crippen molar-refractivity contribution in [2.75, 3.05) is 6.61 Å². The van der Waals surface area contributed by atoms with E-state index in [4.69, 9.17) is 10.5 Å². The number of esters is 1. The lowest BCUT2D eigenvalue weighted by atomic mass is 9.87. The molecule has 0 saturated heterocycles. The molecule has 30 heavy (non-hydrogen) atoms. The second-order valence-electron chi connectivity index (χ2n) is 7.73. The van der Waals surface area contributed by atoms with E-state index in [-0.39, 0.29) is 12.5 Å². The first-order chi connectivity index (χ1) is 14.4. The van der Waals surface area contributed by atoms with Crippen molar-refractivity contribution in [1.82, 2.24) is 0 Å². The number of aliphatic carboxylic acids is 1. The molecule has 1 aliphatic rings. The van der Waals surface area contributed by atoms with E-state index in [0.717, 1.165) is 27.8 Å². The first-order valence-electron chi connectivity index (χ1n) is 9.83. The number of aryl methyl sites for hydroxylation is 1. The Kier molecular flexibility index (Phi) is 5.14. The molecule has 5 heteroatoms. The number of ether oxygens (including phenoxy) is 1. The Bertz CT molecular complexity index is 1060. The number of benzene rings is 3. The van der Waals surface area contributed by atoms with E-state index >= 15 is 0 Å². The normalized spacial score (nSPS) is 14.5. The first-order valence-corrected chi connectivity index (χ1v) is 9.83. The lowest BCUT2D eigenvalue weighted by Crippen LogP contribution is -2.48. The molecule has 5 nitrogen and oxygen atoms in total. The van der Waals surface area contributed by atoms with E-state index < -0.39 is 23.9 Å². The molecule has 0 aromatic heterocycles. The van der Waals surface area contributed by atoms with Crippen LogP contribution in [0.5, 0.6) is 0 Å². The number of fused-ring (bicyclic) bond motifs is 3. The van der Waals surface area contributed by atoms with Gasteiger partial charge in [0.1, 0.15) is 6.61 Å². The molecular formula is C25H23NO4. The fourth-order valence-electron chi connectivity index (χ4n) is 4.11. The maximum absolute atomic E-state index is 13.1. The molecule has 1 aliphatic carbocycles. The minimum Gasteiger partial charge on any atom is -0.481 e. The largest absolute Gasteiger partial charge is 0.481 e. The van der Waals surface area contributed by atoms with Gasteiger partial charge in [0.25, 0.3) is 0 Å². The Morgan fingerprint density at radius 2 is 1.47 bits per heavy atom. The summed E-state index contributed by atoms with van der Waals surface area (Å²) in [6, 6.07) is 23.0. The summed E-state index contributed by atoms with van der Waals surface area (Å²) in [5, 5.41) is 9.37. The van der Waals surface area contributed by atoms with Gasteiger partial charge in [-0.2, -0.15) is 0 Å². The number of carboxylic acids is 1. The third-order valence-corrected chi connectivity index (χ3v) is 5.70. The van der Waals surface area contributed by atoms with Gasteiger partial charge in [-0.05, 0) is 34.7 Å². The van der Waals surface area contributed by atoms with Crippen LogP contribution in [0.25, 0.3) is 11.1 Å². The minimum atomic E-state index is -1.75. The second-order valence-corrected chi connectivity index (χ2v) is 7.73. The Labute approximate surface area is 175 Å². The summed E-state index contributed by atoms with van der Waals surface area (Å²) >= 11 is 0. The molecule has 0 radical (unpaired) electrons. The monoisotopic (exact) mass is 401 g/mol. The Hall–Kier alpha value is -3.44. The lowest BCUT2D eigenvalue weighted by molar-refractivity contribution is -0.155. The van der Waals surface area contributed by atoms with Crippen LogP contribution < -0.4 is 5.73 Å². The zero-order valence-corrected chi connectivity index (χ0v) is 16.7. The van der Waals surface area contributed by atoms with Gasteiger partial charge in [0.15, 0.2) is 5.54 Å². The Morgan fingerprint density at radius 3 is 2.00 bits per heavy atom. The lowest BCUT2D eigenvalue weighted by Gasteiger charge is -2.27. The van der Waals surface area contributed by atoms with E-state index in [1.165, 1.54) is 0 Å². The quantitative estimate of drug-likeness (QED) is 0.610. The van der Waals surface area contributed by atoms with E-state index in [0.29, 0.717) is 5.56 Å². The summed E-state index contributed by atoms with van der Waals surface area (Å²) in [6.45, 7) is 2.00. The van der Waals surface area contributed by atoms with Gasteiger partial charge in [-0.25, -0.2) is 4.79 Å². The predicted molar refractivity (Wildman–Crippen MR) is 114 cm³/mol. The molecule has 152 valence electrons. The van der Waals surface area contributed by atoms with Crippen LogP contribution >= 0.6 is 0 Å². The fraction of sp³-hybridized carbons (Fsp3) is 0.200. The van der Waals surface area contributed by atoms with Gasteiger partial charge in [-0.1, -0.05) is 78.4 Å². The highest BCUT2D eigenvalue weighted by molar-refractivity contribution is 5.88. The molecule has 0 aliphatic heterocycles. The summed E-state index contributed by atoms with van der Waals surface area (Å²) in [4.78, 5) is 24.5. The molecule has 0 spiro atoms. The molecule has 1 atom stereocenters. The van der Waals surface area contributed by atoms with Gasteiger partial charge in [-0.15, -0.1) is 0 Å². The number of hydrogen-bond acceptors (Lipinski definition) is 4. The van der Waals surface area contributed by atoms with Crippen molar-refractivity contribution in [3.63, 3.8) is 0 Å². The van der Waals surface area contributed by atoms with Crippen LogP contribution in [0.2, 0.25) is 0 Å². The highest BCUT2D eigenvalue weighted by Gasteiger charge is 2.41. The zero-order chi connectivity index (χ0) is 21.3. The molecule has 3 aromatic carbocycles. The molecule has 3 aromatic rings. The Morgan fingerprint density at radius 1 is 0.933 bits per heavy atom. The van der Waals surface area contributed by atoms with Crippen LogP contribution in [0.1, 0.15) is 34.6 Å². The maximum Gasteiger partial charge on any atom is 0.331 e. The molecule has 0 heterocycles. The van der Waals surface area contributed by atoms with Crippen molar-refractivity contribution in [2.24, 2.45) is 5.73 Å². The third kappa shape index (κ3) is 3.48. The topological polar surface area (TPSA) is 89.6 Å². The number of carboxylic acid groups (broad SMARTS) is 1. The van der Waals surface area contributed by atoms with Gasteiger partial charge in [-0.3, -0.25) is 4.79 Å². The SMILES string of the molecule is Cc1ccc([C@](N)(CC(=O)O)C(=O)OCC2c3ccccc3-c3ccccc32)cc1. The summed E-state index contributed by atoms with van der Waals surface area (Å²) in [5.74, 6) is -2.02. The second kappa shape index (κ2) is 7.76. The van der Waals surface area contributed by atoms with E-state index in [1.807, 2.05) is 43.3 Å². The summed E-state index contributed by atoms with van der Waals surface area (Å²) < 4.78 is 5.66. The van der Waals surface area contributed by atoms with Crippen molar-refractivity contribution >= 4 is 11.9 Å². The zero-order valence-electron chi connectivity index (χ0n) is 16.7. The van der Waals surface area contributed by atoms with Crippen LogP contribution in [-0.4, -0.2) is 23.7 Å². The summed E-state index contributed by atoms with van der Waals surface area (Å²) in [5.41, 5.74) is 10.4. The average Bonchev–Trinajstić information content (AvgIpc) is 3.05. The minimum absolute atomic E-state index is 0.0945. The number of carbonyl (C=O) groups excluding carboxylic acids is 1. The highest BCUT2D eigenvalue weighted by Crippen LogP contribution is 2.44. The van der Waals surface area contributed by atoms with Crippen molar-refractivity contribution in [1.29, 1.82) is 0 Å². The average molecular weight is 401 g/mol. The molecule has 0 unspecified atom stereocenters. The Balaban J connectivity index is 1.61. The number of carbonyl (C=O) groups is 2. The van der Waals surface area contributed by atoms with Gasteiger partial charge in [0.2, 0.25) is 0 Å². The molecule has 0 amide bonds. The smallest absolute Gasteiger partial charge is 0.331 e. The fourth-order valence-corrected chi connectivity index (χ4v) is 4.11. The van der Waals surface area contributed by atoms with Gasteiger partial charge >= 0.3 is 11.9 Å². The van der Waals surface area contributed by atoms with Crippen LogP contribution in [0.3, 0.4) is 0 Å². The van der Waals surface area contributed by atoms with Gasteiger partial charge in [0, 0.05) is 5.92 Å². The maximum atomic E-state index is 13.1. The third-order valence-electron chi connectivity index (χ3n) is 5.70. The number of rotatable bonds is 6. The molecule has 0 bridgehead atoms. The molecule has 3 N–H and O–H groups in total. The molecular weight excluding hydrogens is 378 g/mol. The molecule has 0 fully saturated rings. The molecule has 0 saturated carbocycles. The van der Waals surface area contributed by atoms with Crippen LogP contribution in [-0.2, 0) is 19.9 Å². The standard InChI is InChI=1S/C25H23NO4/c1-16-10-12-17(13-11-16)25(26,14-23(27)28)24(29)30-15-22-20-8-4-2-6-18(20)19-7-3-5-9-21(19)22/h2-13,22H,14-15,26H2,1H3,(H,27,28)/t25-/m1/s1. The van der Waals surface area contributed by atoms with Gasteiger partial charge < -0.3 is 15.6 Å². The first kappa shape index (κ1) is 19.9. The molecule has 4 rings (SSSR count). The van der Waals surface area contributed by atoms with Crippen molar-refractivity contribution in [3.05, 3.63) is 95.1 Å². The van der Waals surface area contributed by atoms with Crippen molar-refractivity contribution < 1.29 is 19.4 Å². The number of hydrogen-bond donors (Lipinski definition) is 2. The summed E-state index contributed by atoms with van der Waals surface area (Å²) in [6.07, 6.45) is -0.549.